The van der Waals surface area contributed by atoms with E-state index in [0.717, 1.165) is 0 Å². The van der Waals surface area contributed by atoms with Crippen molar-refractivity contribution in [3.8, 4) is 0 Å². The lowest BCUT2D eigenvalue weighted by atomic mass is 10.2. The minimum absolute atomic E-state index is 0. The van der Waals surface area contributed by atoms with Gasteiger partial charge in [-0.1, -0.05) is 27.7 Å². The van der Waals surface area contributed by atoms with E-state index in [1.807, 2.05) is 20.8 Å². The molecule has 0 bridgehead atoms. The van der Waals surface area contributed by atoms with E-state index in [2.05, 4.69) is 13.8 Å². The van der Waals surface area contributed by atoms with Crippen molar-refractivity contribution in [1.29, 1.82) is 0 Å². The van der Waals surface area contributed by atoms with Gasteiger partial charge in [0.15, 0.2) is 0 Å². The first kappa shape index (κ1) is 16.5. The second-order valence-electron chi connectivity index (χ2n) is 3.02. The molecule has 0 heterocycles. The molecular formula is C9H24O. The molecule has 0 spiro atoms. The van der Waals surface area contributed by atoms with Gasteiger partial charge in [0, 0.05) is 7.11 Å². The van der Waals surface area contributed by atoms with Crippen LogP contribution < -0.4 is 0 Å². The van der Waals surface area contributed by atoms with Crippen LogP contribution in [0.15, 0.2) is 0 Å². The van der Waals surface area contributed by atoms with Crippen molar-refractivity contribution in [1.82, 2.24) is 0 Å². The molecule has 0 aliphatic rings. The van der Waals surface area contributed by atoms with Crippen molar-refractivity contribution >= 4 is 0 Å². The molecule has 0 aromatic heterocycles. The number of hydrogen-bond donors (Lipinski definition) is 0. The highest BCUT2D eigenvalue weighted by molar-refractivity contribution is 4.55. The average Bonchev–Trinajstić information content (AvgIpc) is 1.67. The van der Waals surface area contributed by atoms with Gasteiger partial charge in [-0.3, -0.25) is 0 Å². The van der Waals surface area contributed by atoms with E-state index in [4.69, 9.17) is 4.74 Å². The lowest BCUT2D eigenvalue weighted by Crippen LogP contribution is -2.15. The summed E-state index contributed by atoms with van der Waals surface area (Å²) in [5.74, 6) is 0. The summed E-state index contributed by atoms with van der Waals surface area (Å²) in [5.41, 5.74) is 0.0417. The summed E-state index contributed by atoms with van der Waals surface area (Å²) >= 11 is 0. The van der Waals surface area contributed by atoms with Crippen LogP contribution in [-0.2, 0) is 4.74 Å². The Morgan fingerprint density at radius 3 is 1.20 bits per heavy atom. The Morgan fingerprint density at radius 1 is 1.10 bits per heavy atom. The highest BCUT2D eigenvalue weighted by Gasteiger charge is 2.03. The fraction of sp³-hybridized carbons (Fsp3) is 1.00. The zero-order chi connectivity index (χ0) is 7.91. The third-order valence-electron chi connectivity index (χ3n) is 0.612. The first-order chi connectivity index (χ1) is 3.97. The van der Waals surface area contributed by atoms with E-state index in [0.29, 0.717) is 0 Å². The van der Waals surface area contributed by atoms with E-state index < -0.39 is 0 Å². The van der Waals surface area contributed by atoms with Crippen LogP contribution in [0.3, 0.4) is 0 Å². The molecule has 0 saturated heterocycles. The lowest BCUT2D eigenvalue weighted by Gasteiger charge is -2.14. The van der Waals surface area contributed by atoms with Crippen molar-refractivity contribution in [2.45, 2.75) is 54.1 Å². The Kier molecular flexibility index (Phi) is 14.8. The van der Waals surface area contributed by atoms with Crippen molar-refractivity contribution in [3.05, 3.63) is 0 Å². The van der Waals surface area contributed by atoms with E-state index in [9.17, 15) is 0 Å². The van der Waals surface area contributed by atoms with Gasteiger partial charge in [0.25, 0.3) is 0 Å². The van der Waals surface area contributed by atoms with Crippen molar-refractivity contribution in [2.75, 3.05) is 7.11 Å². The average molecular weight is 148 g/mol. The van der Waals surface area contributed by atoms with Gasteiger partial charge < -0.3 is 4.74 Å². The molecule has 66 valence electrons. The van der Waals surface area contributed by atoms with Crippen LogP contribution in [0.1, 0.15) is 48.5 Å². The third-order valence-corrected chi connectivity index (χ3v) is 0.612. The molecular weight excluding hydrogens is 124 g/mol. The maximum absolute atomic E-state index is 4.94. The molecule has 0 N–H and O–H groups in total. The molecule has 0 amide bonds. The van der Waals surface area contributed by atoms with Gasteiger partial charge in [-0.25, -0.2) is 0 Å². The Morgan fingerprint density at radius 2 is 1.20 bits per heavy atom. The summed E-state index contributed by atoms with van der Waals surface area (Å²) in [6.45, 7) is 10.3. The van der Waals surface area contributed by atoms with Gasteiger partial charge in [0.1, 0.15) is 0 Å². The van der Waals surface area contributed by atoms with Gasteiger partial charge in [-0.05, 0) is 20.8 Å². The maximum Gasteiger partial charge on any atom is 0.0594 e. The molecule has 10 heavy (non-hydrogen) atoms. The second-order valence-corrected chi connectivity index (χ2v) is 3.02. The van der Waals surface area contributed by atoms with E-state index in [1.54, 1.807) is 7.11 Å². The highest BCUT2D eigenvalue weighted by Crippen LogP contribution is 2.02. The molecule has 0 unspecified atom stereocenters. The van der Waals surface area contributed by atoms with Gasteiger partial charge in [-0.2, -0.15) is 0 Å². The molecule has 0 fully saturated rings. The normalized spacial score (nSPS) is 9.00. The fourth-order valence-electron chi connectivity index (χ4n) is 0. The third kappa shape index (κ3) is 44.0. The lowest BCUT2D eigenvalue weighted by molar-refractivity contribution is 0.0397. The van der Waals surface area contributed by atoms with Gasteiger partial charge in [0.2, 0.25) is 0 Å². The van der Waals surface area contributed by atoms with Crippen LogP contribution in [-0.4, -0.2) is 12.7 Å². The number of ether oxygens (including phenoxy) is 1. The molecule has 0 radical (unpaired) electrons. The summed E-state index contributed by atoms with van der Waals surface area (Å²) in [4.78, 5) is 0. The number of rotatable bonds is 0. The first-order valence-electron chi connectivity index (χ1n) is 3.53. The quantitative estimate of drug-likeness (QED) is 0.511. The zero-order valence-corrected chi connectivity index (χ0v) is 7.62. The SMILES string of the molecule is C.CCC.COC(C)(C)C. The van der Waals surface area contributed by atoms with Crippen LogP contribution in [0, 0.1) is 0 Å². The Labute approximate surface area is 66.8 Å². The van der Waals surface area contributed by atoms with Crippen molar-refractivity contribution < 1.29 is 4.74 Å². The minimum Gasteiger partial charge on any atom is -0.379 e. The van der Waals surface area contributed by atoms with E-state index in [-0.39, 0.29) is 13.0 Å². The highest BCUT2D eigenvalue weighted by atomic mass is 16.5. The first-order valence-corrected chi connectivity index (χ1v) is 3.53. The Balaban J connectivity index is -0.000000107. The largest absolute Gasteiger partial charge is 0.379 e. The van der Waals surface area contributed by atoms with Crippen LogP contribution in [0.2, 0.25) is 0 Å². The van der Waals surface area contributed by atoms with Crippen LogP contribution in [0.25, 0.3) is 0 Å². The topological polar surface area (TPSA) is 9.23 Å². The molecule has 1 heteroatoms. The second kappa shape index (κ2) is 8.96. The predicted octanol–water partition coefficient (Wildman–Crippen LogP) is 3.48. The Hall–Kier alpha value is -0.0400. The monoisotopic (exact) mass is 148 g/mol. The number of hydrogen-bond acceptors (Lipinski definition) is 1. The smallest absolute Gasteiger partial charge is 0.0594 e. The summed E-state index contributed by atoms with van der Waals surface area (Å²) in [6.07, 6.45) is 1.25. The molecule has 1 nitrogen and oxygen atoms in total. The molecule has 0 atom stereocenters. The van der Waals surface area contributed by atoms with Gasteiger partial charge >= 0.3 is 0 Å². The summed E-state index contributed by atoms with van der Waals surface area (Å²) in [5, 5.41) is 0. The van der Waals surface area contributed by atoms with Gasteiger partial charge in [-0.15, -0.1) is 0 Å². The van der Waals surface area contributed by atoms with Crippen molar-refractivity contribution in [2.24, 2.45) is 0 Å². The minimum atomic E-state index is 0. The standard InChI is InChI=1S/C5H12O.C3H8.CH4/c1-5(2,3)6-4;1-3-2;/h1-4H3;3H2,1-2H3;1H4. The molecule has 0 rings (SSSR count). The fourth-order valence-corrected chi connectivity index (χ4v) is 0. The van der Waals surface area contributed by atoms with E-state index >= 15 is 0 Å². The molecule has 0 aliphatic heterocycles. The maximum atomic E-state index is 4.94. The summed E-state index contributed by atoms with van der Waals surface area (Å²) in [6, 6.07) is 0. The Bertz CT molecular complexity index is 43.2. The van der Waals surface area contributed by atoms with Crippen LogP contribution in [0.5, 0.6) is 0 Å². The molecule has 0 aliphatic carbocycles. The summed E-state index contributed by atoms with van der Waals surface area (Å²) < 4.78 is 4.94. The predicted molar refractivity (Wildman–Crippen MR) is 49.5 cm³/mol. The van der Waals surface area contributed by atoms with Crippen molar-refractivity contribution in [3.63, 3.8) is 0 Å². The zero-order valence-electron chi connectivity index (χ0n) is 7.62. The molecule has 0 saturated carbocycles. The molecule has 0 aromatic carbocycles. The van der Waals surface area contributed by atoms with Crippen LogP contribution in [0.4, 0.5) is 0 Å². The molecule has 0 aromatic rings. The van der Waals surface area contributed by atoms with Gasteiger partial charge in [0.05, 0.1) is 5.60 Å². The number of methoxy groups -OCH3 is 1. The van der Waals surface area contributed by atoms with E-state index in [1.165, 1.54) is 6.42 Å². The summed E-state index contributed by atoms with van der Waals surface area (Å²) in [7, 11) is 1.71. The van der Waals surface area contributed by atoms with Crippen LogP contribution >= 0.6 is 0 Å².